The predicted octanol–water partition coefficient (Wildman–Crippen LogP) is 3.21. The Morgan fingerprint density at radius 1 is 1.31 bits per heavy atom. The molecule has 0 aromatic carbocycles. The molecular weight excluding hydrogens is 176 g/mol. The van der Waals surface area contributed by atoms with Gasteiger partial charge in [-0.3, -0.25) is 0 Å². The first-order valence-corrected chi connectivity index (χ1v) is 8.59. The van der Waals surface area contributed by atoms with E-state index in [0.29, 0.717) is 0 Å². The molecule has 0 unspecified atom stereocenters. The smallest absolute Gasteiger partial charge is 0.0612 e. The minimum Gasteiger partial charge on any atom is -0.392 e. The predicted molar refractivity (Wildman–Crippen MR) is 62.8 cm³/mol. The molecule has 0 aromatic rings. The van der Waals surface area contributed by atoms with Crippen molar-refractivity contribution in [2.45, 2.75) is 38.5 Å². The first-order chi connectivity index (χ1) is 5.95. The van der Waals surface area contributed by atoms with Crippen LogP contribution in [0.5, 0.6) is 0 Å². The van der Waals surface area contributed by atoms with Crippen LogP contribution in [0, 0.1) is 0 Å². The van der Waals surface area contributed by atoms with Gasteiger partial charge in [0, 0.05) is 8.07 Å². The van der Waals surface area contributed by atoms with E-state index in [4.69, 9.17) is 5.11 Å². The second-order valence-corrected chi connectivity index (χ2v) is 10.2. The Hall–Kier alpha value is -0.343. The summed E-state index contributed by atoms with van der Waals surface area (Å²) in [4.78, 5) is 0. The Kier molecular flexibility index (Phi) is 6.00. The Labute approximate surface area is 83.2 Å². The van der Waals surface area contributed by atoms with E-state index in [0.717, 1.165) is 12.8 Å². The zero-order valence-electron chi connectivity index (χ0n) is 9.14. The summed E-state index contributed by atoms with van der Waals surface area (Å²) in [6.07, 6.45) is 5.90. The Morgan fingerprint density at radius 2 is 1.92 bits per heavy atom. The van der Waals surface area contributed by atoms with Crippen LogP contribution in [0.4, 0.5) is 0 Å². The summed E-state index contributed by atoms with van der Waals surface area (Å²) in [5.41, 5.74) is 1.36. The maximum Gasteiger partial charge on any atom is 0.0612 e. The summed E-state index contributed by atoms with van der Waals surface area (Å²) in [6.45, 7) is 11.3. The fraction of sp³-hybridized carbons (Fsp3) is 0.636. The van der Waals surface area contributed by atoms with E-state index >= 15 is 0 Å². The van der Waals surface area contributed by atoms with Crippen LogP contribution in [-0.4, -0.2) is 19.8 Å². The first kappa shape index (κ1) is 12.7. The summed E-state index contributed by atoms with van der Waals surface area (Å²) in [7, 11) is -0.962. The number of aliphatic hydroxyl groups is 1. The van der Waals surface area contributed by atoms with E-state index in [-0.39, 0.29) is 6.61 Å². The molecule has 0 aliphatic carbocycles. The molecular formula is C11H22OSi. The van der Waals surface area contributed by atoms with Gasteiger partial charge < -0.3 is 5.11 Å². The highest BCUT2D eigenvalue weighted by Gasteiger charge is 2.13. The highest BCUT2D eigenvalue weighted by atomic mass is 28.3. The molecule has 0 fully saturated rings. The summed E-state index contributed by atoms with van der Waals surface area (Å²) >= 11 is 0. The van der Waals surface area contributed by atoms with E-state index in [1.165, 1.54) is 11.6 Å². The van der Waals surface area contributed by atoms with Crippen LogP contribution in [0.15, 0.2) is 24.3 Å². The third kappa shape index (κ3) is 9.57. The lowest BCUT2D eigenvalue weighted by atomic mass is 10.2. The van der Waals surface area contributed by atoms with Gasteiger partial charge in [0.2, 0.25) is 0 Å². The van der Waals surface area contributed by atoms with Crippen molar-refractivity contribution < 1.29 is 5.11 Å². The second kappa shape index (κ2) is 6.16. The van der Waals surface area contributed by atoms with Crippen molar-refractivity contribution in [2.75, 3.05) is 6.61 Å². The Morgan fingerprint density at radius 3 is 2.38 bits per heavy atom. The van der Waals surface area contributed by atoms with Crippen molar-refractivity contribution in [1.29, 1.82) is 0 Å². The van der Waals surface area contributed by atoms with Gasteiger partial charge in [-0.1, -0.05) is 37.4 Å². The van der Waals surface area contributed by atoms with Crippen molar-refractivity contribution >= 4 is 8.07 Å². The second-order valence-electron chi connectivity index (χ2n) is 4.68. The Bertz CT molecular complexity index is 177. The fourth-order valence-electron chi connectivity index (χ4n) is 1.32. The van der Waals surface area contributed by atoms with Gasteiger partial charge in [0.1, 0.15) is 0 Å². The number of hydrogen-bond acceptors (Lipinski definition) is 1. The lowest BCUT2D eigenvalue weighted by molar-refractivity contribution is 0.342. The maximum atomic E-state index is 8.52. The molecule has 13 heavy (non-hydrogen) atoms. The maximum absolute atomic E-state index is 8.52. The van der Waals surface area contributed by atoms with E-state index < -0.39 is 8.07 Å². The van der Waals surface area contributed by atoms with Crippen LogP contribution in [0.3, 0.4) is 0 Å². The summed E-state index contributed by atoms with van der Waals surface area (Å²) in [6, 6.07) is 1.22. The summed E-state index contributed by atoms with van der Waals surface area (Å²) < 4.78 is 0. The minimum atomic E-state index is -0.962. The van der Waals surface area contributed by atoms with E-state index in [9.17, 15) is 0 Å². The van der Waals surface area contributed by atoms with Crippen LogP contribution in [-0.2, 0) is 0 Å². The van der Waals surface area contributed by atoms with Crippen LogP contribution >= 0.6 is 0 Å². The van der Waals surface area contributed by atoms with Gasteiger partial charge in [-0.15, -0.1) is 6.58 Å². The molecule has 0 aliphatic heterocycles. The van der Waals surface area contributed by atoms with Crippen LogP contribution < -0.4 is 0 Å². The molecule has 0 amide bonds. The highest BCUT2D eigenvalue weighted by Crippen LogP contribution is 2.18. The standard InChI is InChI=1S/C11H22OSi/c1-11(10-13(2,3)4)8-6-5-7-9-12/h5,7,12H,1,6,8-10H2,2-4H3/b7-5+. The van der Waals surface area contributed by atoms with Crippen molar-refractivity contribution in [3.05, 3.63) is 24.3 Å². The fourth-order valence-corrected chi connectivity index (χ4v) is 3.00. The van der Waals surface area contributed by atoms with Gasteiger partial charge in [0.25, 0.3) is 0 Å². The average molecular weight is 198 g/mol. The molecule has 0 saturated carbocycles. The number of hydrogen-bond donors (Lipinski definition) is 1. The van der Waals surface area contributed by atoms with Gasteiger partial charge >= 0.3 is 0 Å². The van der Waals surface area contributed by atoms with Crippen molar-refractivity contribution in [3.8, 4) is 0 Å². The lowest BCUT2D eigenvalue weighted by Crippen LogP contribution is -2.19. The third-order valence-electron chi connectivity index (χ3n) is 1.72. The van der Waals surface area contributed by atoms with E-state index in [2.05, 4.69) is 26.2 Å². The van der Waals surface area contributed by atoms with E-state index in [1.54, 1.807) is 6.08 Å². The molecule has 0 aromatic heterocycles. The molecule has 0 spiro atoms. The monoisotopic (exact) mass is 198 g/mol. The summed E-state index contributed by atoms with van der Waals surface area (Å²) in [5, 5.41) is 8.52. The third-order valence-corrected chi connectivity index (χ3v) is 3.28. The molecule has 0 aliphatic rings. The zero-order valence-corrected chi connectivity index (χ0v) is 10.1. The SMILES string of the molecule is C=C(CC/C=C/CO)C[Si](C)(C)C. The minimum absolute atomic E-state index is 0.153. The van der Waals surface area contributed by atoms with Crippen LogP contribution in [0.1, 0.15) is 12.8 Å². The number of rotatable bonds is 6. The van der Waals surface area contributed by atoms with Crippen LogP contribution in [0.2, 0.25) is 25.7 Å². The highest BCUT2D eigenvalue weighted by molar-refractivity contribution is 6.76. The molecule has 1 N–H and O–H groups in total. The van der Waals surface area contributed by atoms with Gasteiger partial charge in [-0.25, -0.2) is 0 Å². The van der Waals surface area contributed by atoms with Crippen molar-refractivity contribution in [3.63, 3.8) is 0 Å². The van der Waals surface area contributed by atoms with Gasteiger partial charge in [0.05, 0.1) is 6.61 Å². The van der Waals surface area contributed by atoms with Gasteiger partial charge in [-0.2, -0.15) is 0 Å². The summed E-state index contributed by atoms with van der Waals surface area (Å²) in [5.74, 6) is 0. The molecule has 0 saturated heterocycles. The van der Waals surface area contributed by atoms with Gasteiger partial charge in [0.15, 0.2) is 0 Å². The van der Waals surface area contributed by atoms with Crippen LogP contribution in [0.25, 0.3) is 0 Å². The molecule has 0 atom stereocenters. The van der Waals surface area contributed by atoms with Crippen molar-refractivity contribution in [2.24, 2.45) is 0 Å². The van der Waals surface area contributed by atoms with E-state index in [1.807, 2.05) is 6.08 Å². The molecule has 1 nitrogen and oxygen atoms in total. The van der Waals surface area contributed by atoms with Crippen molar-refractivity contribution in [1.82, 2.24) is 0 Å². The number of aliphatic hydroxyl groups excluding tert-OH is 1. The zero-order chi connectivity index (χ0) is 10.3. The molecule has 0 rings (SSSR count). The molecule has 2 heteroatoms. The van der Waals surface area contributed by atoms with Gasteiger partial charge in [-0.05, 0) is 18.9 Å². The molecule has 0 heterocycles. The molecule has 0 bridgehead atoms. The average Bonchev–Trinajstić information content (AvgIpc) is 1.94. The Balaban J connectivity index is 3.58. The first-order valence-electron chi connectivity index (χ1n) is 4.88. The molecule has 0 radical (unpaired) electrons. The topological polar surface area (TPSA) is 20.2 Å². The number of allylic oxidation sites excluding steroid dienone is 2. The molecule has 76 valence electrons. The lowest BCUT2D eigenvalue weighted by Gasteiger charge is -2.16. The normalized spacial score (nSPS) is 12.3. The largest absolute Gasteiger partial charge is 0.392 e. The quantitative estimate of drug-likeness (QED) is 0.513.